The van der Waals surface area contributed by atoms with Gasteiger partial charge in [-0.15, -0.1) is 0 Å². The summed E-state index contributed by atoms with van der Waals surface area (Å²) >= 11 is 0. The number of aryl methyl sites for hydroxylation is 2. The van der Waals surface area contributed by atoms with E-state index in [1.54, 1.807) is 6.92 Å². The minimum atomic E-state index is -0.787. The molecular weight excluding hydrogens is 208 g/mol. The Labute approximate surface area is 95.1 Å². The molecule has 0 aliphatic rings. The van der Waals surface area contributed by atoms with Gasteiger partial charge in [-0.3, -0.25) is 9.69 Å². The van der Waals surface area contributed by atoms with E-state index in [9.17, 15) is 4.79 Å². The number of carboxylic acid groups (broad SMARTS) is 1. The second-order valence-electron chi connectivity index (χ2n) is 3.98. The molecule has 0 saturated heterocycles. The monoisotopic (exact) mass is 226 g/mol. The zero-order valence-corrected chi connectivity index (χ0v) is 10.1. The molecule has 0 saturated carbocycles. The summed E-state index contributed by atoms with van der Waals surface area (Å²) in [6.45, 7) is 6.18. The van der Waals surface area contributed by atoms with Crippen molar-refractivity contribution >= 4 is 5.97 Å². The van der Waals surface area contributed by atoms with E-state index in [0.29, 0.717) is 12.4 Å². The number of rotatable bonds is 5. The van der Waals surface area contributed by atoms with Gasteiger partial charge in [0.2, 0.25) is 0 Å². The van der Waals surface area contributed by atoms with Crippen molar-refractivity contribution in [3.8, 4) is 0 Å². The van der Waals surface area contributed by atoms with Crippen molar-refractivity contribution in [2.45, 2.75) is 33.2 Å². The Morgan fingerprint density at radius 1 is 1.56 bits per heavy atom. The van der Waals surface area contributed by atoms with Crippen molar-refractivity contribution in [3.05, 3.63) is 17.3 Å². The molecule has 0 aliphatic heterocycles. The lowest BCUT2D eigenvalue weighted by Crippen LogP contribution is -2.25. The van der Waals surface area contributed by atoms with Gasteiger partial charge < -0.3 is 9.52 Å². The summed E-state index contributed by atoms with van der Waals surface area (Å²) in [5, 5.41) is 8.61. The summed E-state index contributed by atoms with van der Waals surface area (Å²) in [4.78, 5) is 16.6. The lowest BCUT2D eigenvalue weighted by molar-refractivity contribution is -0.137. The lowest BCUT2D eigenvalue weighted by atomic mass is 10.2. The average molecular weight is 226 g/mol. The van der Waals surface area contributed by atoms with Crippen molar-refractivity contribution in [3.63, 3.8) is 0 Å². The Morgan fingerprint density at radius 2 is 2.19 bits per heavy atom. The maximum atomic E-state index is 10.5. The van der Waals surface area contributed by atoms with Gasteiger partial charge in [0, 0.05) is 13.5 Å². The fourth-order valence-corrected chi connectivity index (χ4v) is 1.60. The minimum absolute atomic E-state index is 0.0422. The molecule has 5 nitrogen and oxygen atoms in total. The first-order valence-corrected chi connectivity index (χ1v) is 5.27. The molecule has 0 bridgehead atoms. The number of hydrogen-bond donors (Lipinski definition) is 1. The van der Waals surface area contributed by atoms with E-state index in [4.69, 9.17) is 9.52 Å². The summed E-state index contributed by atoms with van der Waals surface area (Å²) in [5.74, 6) is 0.667. The topological polar surface area (TPSA) is 66.6 Å². The summed E-state index contributed by atoms with van der Waals surface area (Å²) in [6.07, 6.45) is 0.132. The molecule has 1 unspecified atom stereocenters. The Balaban J connectivity index is 2.66. The third-order valence-corrected chi connectivity index (χ3v) is 2.66. The van der Waals surface area contributed by atoms with Crippen molar-refractivity contribution in [1.29, 1.82) is 0 Å². The molecule has 16 heavy (non-hydrogen) atoms. The van der Waals surface area contributed by atoms with Gasteiger partial charge in [0.1, 0.15) is 5.76 Å². The van der Waals surface area contributed by atoms with Crippen molar-refractivity contribution in [1.82, 2.24) is 9.88 Å². The van der Waals surface area contributed by atoms with Gasteiger partial charge in [-0.25, -0.2) is 4.98 Å². The van der Waals surface area contributed by atoms with E-state index in [0.717, 1.165) is 11.5 Å². The van der Waals surface area contributed by atoms with Gasteiger partial charge in [0.15, 0.2) is 5.89 Å². The van der Waals surface area contributed by atoms with Gasteiger partial charge in [0.25, 0.3) is 0 Å². The number of oxazole rings is 1. The fourth-order valence-electron chi connectivity index (χ4n) is 1.60. The molecule has 1 aromatic rings. The third-order valence-electron chi connectivity index (χ3n) is 2.66. The highest BCUT2D eigenvalue weighted by molar-refractivity contribution is 5.66. The predicted octanol–water partition coefficient (Wildman–Crippen LogP) is 1.76. The molecule has 0 radical (unpaired) electrons. The van der Waals surface area contributed by atoms with Crippen LogP contribution in [0.15, 0.2) is 4.42 Å². The van der Waals surface area contributed by atoms with E-state index in [-0.39, 0.29) is 12.5 Å². The highest BCUT2D eigenvalue weighted by Crippen LogP contribution is 2.23. The molecule has 90 valence electrons. The molecule has 1 heterocycles. The molecule has 1 rings (SSSR count). The smallest absolute Gasteiger partial charge is 0.304 e. The van der Waals surface area contributed by atoms with Crippen molar-refractivity contribution in [2.24, 2.45) is 0 Å². The highest BCUT2D eigenvalue weighted by Gasteiger charge is 2.19. The van der Waals surface area contributed by atoms with Gasteiger partial charge in [-0.1, -0.05) is 0 Å². The van der Waals surface area contributed by atoms with Crippen molar-refractivity contribution in [2.75, 3.05) is 13.6 Å². The molecule has 0 spiro atoms. The van der Waals surface area contributed by atoms with Gasteiger partial charge in [-0.05, 0) is 20.9 Å². The average Bonchev–Trinajstić information content (AvgIpc) is 2.53. The Hall–Kier alpha value is -1.36. The van der Waals surface area contributed by atoms with Crippen LogP contribution in [-0.2, 0) is 4.79 Å². The lowest BCUT2D eigenvalue weighted by Gasteiger charge is -2.22. The standard InChI is InChI=1S/C11H18N2O3/c1-7-11(16-9(3)12-7)8(2)13(4)6-5-10(14)15/h8H,5-6H2,1-4H3,(H,14,15). The number of aromatic nitrogens is 1. The van der Waals surface area contributed by atoms with E-state index in [1.165, 1.54) is 0 Å². The molecule has 0 fully saturated rings. The van der Waals surface area contributed by atoms with Crippen LogP contribution in [0.4, 0.5) is 0 Å². The third kappa shape index (κ3) is 3.06. The number of aliphatic carboxylic acids is 1. The largest absolute Gasteiger partial charge is 0.481 e. The molecule has 0 aliphatic carbocycles. The summed E-state index contributed by atoms with van der Waals surface area (Å²) in [6, 6.07) is 0.0422. The zero-order chi connectivity index (χ0) is 12.3. The maximum Gasteiger partial charge on any atom is 0.304 e. The van der Waals surface area contributed by atoms with Crippen LogP contribution < -0.4 is 0 Å². The maximum absolute atomic E-state index is 10.5. The number of carbonyl (C=O) groups is 1. The number of nitrogens with zero attached hydrogens (tertiary/aromatic N) is 2. The van der Waals surface area contributed by atoms with Gasteiger partial charge in [-0.2, -0.15) is 0 Å². The van der Waals surface area contributed by atoms with Crippen LogP contribution in [0.25, 0.3) is 0 Å². The summed E-state index contributed by atoms with van der Waals surface area (Å²) in [5.41, 5.74) is 0.868. The van der Waals surface area contributed by atoms with Crippen molar-refractivity contribution < 1.29 is 14.3 Å². The first-order valence-electron chi connectivity index (χ1n) is 5.27. The predicted molar refractivity (Wildman–Crippen MR) is 59.3 cm³/mol. The van der Waals surface area contributed by atoms with Crippen LogP contribution in [0.1, 0.15) is 36.7 Å². The first-order chi connectivity index (χ1) is 7.41. The van der Waals surface area contributed by atoms with Crippen LogP contribution in [0.2, 0.25) is 0 Å². The van der Waals surface area contributed by atoms with E-state index in [1.807, 2.05) is 25.8 Å². The molecule has 0 amide bonds. The van der Waals surface area contributed by atoms with E-state index >= 15 is 0 Å². The zero-order valence-electron chi connectivity index (χ0n) is 10.1. The highest BCUT2D eigenvalue weighted by atomic mass is 16.4. The minimum Gasteiger partial charge on any atom is -0.481 e. The molecule has 1 aromatic heterocycles. The quantitative estimate of drug-likeness (QED) is 0.828. The number of hydrogen-bond acceptors (Lipinski definition) is 4. The van der Waals surface area contributed by atoms with Crippen LogP contribution >= 0.6 is 0 Å². The second-order valence-corrected chi connectivity index (χ2v) is 3.98. The number of carboxylic acids is 1. The van der Waals surface area contributed by atoms with Crippen LogP contribution in [-0.4, -0.2) is 34.6 Å². The van der Waals surface area contributed by atoms with E-state index < -0.39 is 5.97 Å². The van der Waals surface area contributed by atoms with Crippen LogP contribution in [0.5, 0.6) is 0 Å². The Morgan fingerprint density at radius 3 is 2.62 bits per heavy atom. The van der Waals surface area contributed by atoms with E-state index in [2.05, 4.69) is 4.98 Å². The molecule has 5 heteroatoms. The van der Waals surface area contributed by atoms with Crippen LogP contribution in [0.3, 0.4) is 0 Å². The molecule has 1 N–H and O–H groups in total. The first kappa shape index (κ1) is 12.7. The van der Waals surface area contributed by atoms with Gasteiger partial charge in [0.05, 0.1) is 18.2 Å². The Bertz CT molecular complexity index is 373. The summed E-state index contributed by atoms with van der Waals surface area (Å²) in [7, 11) is 1.88. The molecular formula is C11H18N2O3. The Kier molecular flexibility index (Phi) is 4.06. The summed E-state index contributed by atoms with van der Waals surface area (Å²) < 4.78 is 5.50. The molecule has 1 atom stereocenters. The van der Waals surface area contributed by atoms with Crippen LogP contribution in [0, 0.1) is 13.8 Å². The van der Waals surface area contributed by atoms with Gasteiger partial charge >= 0.3 is 5.97 Å². The fraction of sp³-hybridized carbons (Fsp3) is 0.636. The SMILES string of the molecule is Cc1nc(C)c(C(C)N(C)CCC(=O)O)o1. The molecule has 0 aromatic carbocycles. The second kappa shape index (κ2) is 5.12. The normalized spacial score (nSPS) is 13.1.